The first-order valence-corrected chi connectivity index (χ1v) is 7.19. The molecule has 3 nitrogen and oxygen atoms in total. The van der Waals surface area contributed by atoms with E-state index in [0.717, 1.165) is 17.6 Å². The fraction of sp³-hybridized carbons (Fsp3) is 0.667. The van der Waals surface area contributed by atoms with Gasteiger partial charge >= 0.3 is 0 Å². The van der Waals surface area contributed by atoms with E-state index in [2.05, 4.69) is 21.5 Å². The first-order valence-electron chi connectivity index (χ1n) is 5.90. The number of rotatable bonds is 4. The summed E-state index contributed by atoms with van der Waals surface area (Å²) in [6.07, 6.45) is 11.1. The van der Waals surface area contributed by atoms with Crippen molar-refractivity contribution in [3.05, 3.63) is 24.3 Å². The van der Waals surface area contributed by atoms with Gasteiger partial charge in [0, 0.05) is 23.7 Å². The van der Waals surface area contributed by atoms with E-state index in [4.69, 9.17) is 0 Å². The maximum absolute atomic E-state index is 4.22. The first kappa shape index (κ1) is 11.9. The Morgan fingerprint density at radius 2 is 1.94 bits per heavy atom. The van der Waals surface area contributed by atoms with Crippen molar-refractivity contribution in [1.29, 1.82) is 0 Å². The number of nitrogens with one attached hydrogen (secondary N) is 1. The lowest BCUT2D eigenvalue weighted by Crippen LogP contribution is -2.33. The van der Waals surface area contributed by atoms with Crippen LogP contribution < -0.4 is 5.32 Å². The molecule has 2 rings (SSSR count). The third-order valence-corrected chi connectivity index (χ3v) is 4.31. The number of hydrogen-bond donors (Lipinski definition) is 1. The van der Waals surface area contributed by atoms with Crippen molar-refractivity contribution in [2.24, 2.45) is 0 Å². The summed E-state index contributed by atoms with van der Waals surface area (Å²) in [7, 11) is 0. The molecule has 16 heavy (non-hydrogen) atoms. The van der Waals surface area contributed by atoms with E-state index < -0.39 is 0 Å². The second-order valence-electron chi connectivity index (χ2n) is 4.26. The zero-order valence-corrected chi connectivity index (χ0v) is 10.5. The number of hydrogen-bond acceptors (Lipinski definition) is 4. The molecule has 1 saturated carbocycles. The lowest BCUT2D eigenvalue weighted by Gasteiger charge is -2.27. The van der Waals surface area contributed by atoms with Gasteiger partial charge in [-0.15, -0.1) is 0 Å². The van der Waals surface area contributed by atoms with Crippen LogP contribution in [0.3, 0.4) is 0 Å². The van der Waals surface area contributed by atoms with Crippen LogP contribution in [0.2, 0.25) is 0 Å². The molecule has 0 bridgehead atoms. The van der Waals surface area contributed by atoms with Crippen LogP contribution in [0.25, 0.3) is 0 Å². The fourth-order valence-corrected chi connectivity index (χ4v) is 2.90. The normalized spacial score (nSPS) is 25.6. The summed E-state index contributed by atoms with van der Waals surface area (Å²) in [5, 5.41) is 4.43. The lowest BCUT2D eigenvalue weighted by molar-refractivity contribution is 0.375. The summed E-state index contributed by atoms with van der Waals surface area (Å²) in [4.78, 5) is 8.43. The molecule has 0 saturated heterocycles. The molecule has 1 aromatic heterocycles. The molecule has 0 aromatic carbocycles. The predicted octanol–water partition coefficient (Wildman–Crippen LogP) is 2.24. The Balaban J connectivity index is 1.72. The Kier molecular flexibility index (Phi) is 4.60. The van der Waals surface area contributed by atoms with Gasteiger partial charge in [0.15, 0.2) is 0 Å². The summed E-state index contributed by atoms with van der Waals surface area (Å²) < 4.78 is 0. The molecule has 1 heterocycles. The van der Waals surface area contributed by atoms with Gasteiger partial charge in [-0.05, 0) is 38.0 Å². The lowest BCUT2D eigenvalue weighted by atomic mass is 9.95. The minimum Gasteiger partial charge on any atom is -0.307 e. The summed E-state index contributed by atoms with van der Waals surface area (Å²) in [5.41, 5.74) is 0. The molecule has 88 valence electrons. The molecule has 1 aromatic rings. The maximum atomic E-state index is 4.22. The molecule has 0 spiro atoms. The molecule has 4 heteroatoms. The fourth-order valence-electron chi connectivity index (χ4n) is 2.16. The monoisotopic (exact) mass is 237 g/mol. The zero-order valence-electron chi connectivity index (χ0n) is 9.72. The minimum absolute atomic E-state index is 0.659. The molecule has 1 aliphatic carbocycles. The summed E-state index contributed by atoms with van der Waals surface area (Å²) >= 11 is 2.01. The van der Waals surface area contributed by atoms with Gasteiger partial charge in [0.25, 0.3) is 0 Å². The van der Waals surface area contributed by atoms with Crippen LogP contribution in [-0.4, -0.2) is 27.5 Å². The largest absolute Gasteiger partial charge is 0.307 e. The van der Waals surface area contributed by atoms with Crippen molar-refractivity contribution in [2.75, 3.05) is 6.26 Å². The summed E-state index contributed by atoms with van der Waals surface area (Å²) in [5.74, 6) is 0.898. The van der Waals surface area contributed by atoms with E-state index in [0.29, 0.717) is 6.04 Å². The quantitative estimate of drug-likeness (QED) is 0.871. The molecule has 0 radical (unpaired) electrons. The van der Waals surface area contributed by atoms with E-state index in [1.54, 1.807) is 12.4 Å². The third kappa shape index (κ3) is 3.46. The molecule has 1 aliphatic rings. The molecule has 1 N–H and O–H groups in total. The average Bonchev–Trinajstić information content (AvgIpc) is 2.38. The highest BCUT2D eigenvalue weighted by atomic mass is 32.2. The average molecular weight is 237 g/mol. The number of aromatic nitrogens is 2. The van der Waals surface area contributed by atoms with Crippen LogP contribution in [0.4, 0.5) is 0 Å². The summed E-state index contributed by atoms with van der Waals surface area (Å²) in [6.45, 7) is 0.801. The highest BCUT2D eigenvalue weighted by Crippen LogP contribution is 2.26. The first-order chi connectivity index (χ1) is 7.88. The van der Waals surface area contributed by atoms with E-state index >= 15 is 0 Å². The van der Waals surface area contributed by atoms with Crippen LogP contribution in [0.1, 0.15) is 31.5 Å². The van der Waals surface area contributed by atoms with Crippen molar-refractivity contribution in [3.8, 4) is 0 Å². The molecule has 0 atom stereocenters. The van der Waals surface area contributed by atoms with Crippen molar-refractivity contribution < 1.29 is 0 Å². The standard InChI is InChI=1S/C12H19N3S/c1-16-11-5-3-10(4-6-11)15-9-12-13-7-2-8-14-12/h2,7-8,10-11,15H,3-6,9H2,1H3. The van der Waals surface area contributed by atoms with Gasteiger partial charge in [-0.2, -0.15) is 11.8 Å². The molecule has 0 amide bonds. The Morgan fingerprint density at radius 1 is 1.25 bits per heavy atom. The smallest absolute Gasteiger partial charge is 0.141 e. The topological polar surface area (TPSA) is 37.8 Å². The van der Waals surface area contributed by atoms with Crippen LogP contribution in [0.15, 0.2) is 18.5 Å². The van der Waals surface area contributed by atoms with Crippen LogP contribution >= 0.6 is 11.8 Å². The second-order valence-corrected chi connectivity index (χ2v) is 5.39. The van der Waals surface area contributed by atoms with Crippen molar-refractivity contribution >= 4 is 11.8 Å². The van der Waals surface area contributed by atoms with Crippen molar-refractivity contribution in [1.82, 2.24) is 15.3 Å². The highest BCUT2D eigenvalue weighted by Gasteiger charge is 2.19. The van der Waals surface area contributed by atoms with Gasteiger partial charge in [0.2, 0.25) is 0 Å². The second kappa shape index (κ2) is 6.21. The van der Waals surface area contributed by atoms with E-state index in [1.165, 1.54) is 25.7 Å². The van der Waals surface area contributed by atoms with Gasteiger partial charge < -0.3 is 5.32 Å². The van der Waals surface area contributed by atoms with Crippen molar-refractivity contribution in [3.63, 3.8) is 0 Å². The minimum atomic E-state index is 0.659. The Bertz CT molecular complexity index is 296. The van der Waals surface area contributed by atoms with Gasteiger partial charge in [0.1, 0.15) is 5.82 Å². The van der Waals surface area contributed by atoms with Crippen LogP contribution in [0, 0.1) is 0 Å². The predicted molar refractivity (Wildman–Crippen MR) is 68.4 cm³/mol. The molecule has 0 unspecified atom stereocenters. The molecule has 1 fully saturated rings. The Hall–Kier alpha value is -0.610. The number of thioether (sulfide) groups is 1. The maximum Gasteiger partial charge on any atom is 0.141 e. The Labute approximate surface area is 101 Å². The van der Waals surface area contributed by atoms with Crippen molar-refractivity contribution in [2.45, 2.75) is 43.5 Å². The van der Waals surface area contributed by atoms with Crippen LogP contribution in [0.5, 0.6) is 0 Å². The third-order valence-electron chi connectivity index (χ3n) is 3.18. The van der Waals surface area contributed by atoms with E-state index in [1.807, 2.05) is 17.8 Å². The van der Waals surface area contributed by atoms with Gasteiger partial charge in [-0.1, -0.05) is 0 Å². The molecular formula is C12H19N3S. The van der Waals surface area contributed by atoms with Gasteiger partial charge in [-0.3, -0.25) is 0 Å². The molecular weight excluding hydrogens is 218 g/mol. The Morgan fingerprint density at radius 3 is 2.56 bits per heavy atom. The van der Waals surface area contributed by atoms with Gasteiger partial charge in [-0.25, -0.2) is 9.97 Å². The van der Waals surface area contributed by atoms with Gasteiger partial charge in [0.05, 0.1) is 6.54 Å². The van der Waals surface area contributed by atoms with E-state index in [9.17, 15) is 0 Å². The highest BCUT2D eigenvalue weighted by molar-refractivity contribution is 7.99. The van der Waals surface area contributed by atoms with Crippen LogP contribution in [-0.2, 0) is 6.54 Å². The molecule has 0 aliphatic heterocycles. The number of nitrogens with zero attached hydrogens (tertiary/aromatic N) is 2. The SMILES string of the molecule is CSC1CCC(NCc2ncccn2)CC1. The zero-order chi connectivity index (χ0) is 11.2. The van der Waals surface area contributed by atoms with E-state index in [-0.39, 0.29) is 0 Å². The summed E-state index contributed by atoms with van der Waals surface area (Å²) in [6, 6.07) is 2.51.